The Bertz CT molecular complexity index is 524. The molecule has 1 saturated carbocycles. The molecule has 0 atom stereocenters. The molecule has 1 aliphatic carbocycles. The lowest BCUT2D eigenvalue weighted by atomic mass is 9.83. The van der Waals surface area contributed by atoms with Crippen LogP contribution in [-0.4, -0.2) is 9.97 Å². The van der Waals surface area contributed by atoms with Crippen LogP contribution in [0.5, 0.6) is 0 Å². The van der Waals surface area contributed by atoms with Gasteiger partial charge in [0.1, 0.15) is 15.5 Å². The van der Waals surface area contributed by atoms with E-state index in [2.05, 4.69) is 16.0 Å². The van der Waals surface area contributed by atoms with Crippen molar-refractivity contribution < 1.29 is 0 Å². The number of aromatic nitrogens is 2. The molecule has 2 nitrogen and oxygen atoms in total. The standard InChI is InChI=1S/C9H10ClN.C5H3Cl2N/c10-9-6-2-5-8(11-9)7-3-1-4-7;6-4-2-1-3-5(7)8-4/h2,5-7H,1,3-4H2;1-3H. The van der Waals surface area contributed by atoms with Gasteiger partial charge in [0.15, 0.2) is 0 Å². The molecule has 2 aromatic rings. The second-order valence-electron chi connectivity index (χ2n) is 4.30. The molecule has 0 radical (unpaired) electrons. The summed E-state index contributed by atoms with van der Waals surface area (Å²) in [6.45, 7) is 0. The highest BCUT2D eigenvalue weighted by Gasteiger charge is 2.20. The van der Waals surface area contributed by atoms with Crippen molar-refractivity contribution in [1.82, 2.24) is 9.97 Å². The van der Waals surface area contributed by atoms with Crippen molar-refractivity contribution in [2.75, 3.05) is 0 Å². The molecule has 2 heterocycles. The SMILES string of the molecule is Clc1cccc(C2CCC2)n1.Clc1cccc(Cl)n1. The molecule has 0 saturated heterocycles. The first-order chi connectivity index (χ1) is 9.15. The first-order valence-corrected chi connectivity index (χ1v) is 7.19. The fourth-order valence-electron chi connectivity index (χ4n) is 1.74. The molecule has 19 heavy (non-hydrogen) atoms. The molecule has 100 valence electrons. The summed E-state index contributed by atoms with van der Waals surface area (Å²) >= 11 is 16.7. The van der Waals surface area contributed by atoms with Crippen molar-refractivity contribution in [3.63, 3.8) is 0 Å². The van der Waals surface area contributed by atoms with E-state index in [9.17, 15) is 0 Å². The maximum atomic E-state index is 5.76. The van der Waals surface area contributed by atoms with Crippen molar-refractivity contribution >= 4 is 34.8 Å². The van der Waals surface area contributed by atoms with Gasteiger partial charge in [0.05, 0.1) is 0 Å². The van der Waals surface area contributed by atoms with Crippen LogP contribution in [0.4, 0.5) is 0 Å². The largest absolute Gasteiger partial charge is 0.241 e. The van der Waals surface area contributed by atoms with E-state index in [0.717, 1.165) is 0 Å². The summed E-state index contributed by atoms with van der Waals surface area (Å²) in [5.74, 6) is 0.689. The zero-order chi connectivity index (χ0) is 13.7. The van der Waals surface area contributed by atoms with Crippen LogP contribution in [0.1, 0.15) is 30.9 Å². The molecule has 1 aliphatic rings. The minimum Gasteiger partial charge on any atom is -0.241 e. The molecule has 0 aliphatic heterocycles. The van der Waals surface area contributed by atoms with Crippen LogP contribution in [0.2, 0.25) is 15.5 Å². The van der Waals surface area contributed by atoms with Gasteiger partial charge in [-0.2, -0.15) is 0 Å². The van der Waals surface area contributed by atoms with Crippen molar-refractivity contribution in [2.24, 2.45) is 0 Å². The Morgan fingerprint density at radius 3 is 1.68 bits per heavy atom. The molecule has 0 aromatic carbocycles. The maximum absolute atomic E-state index is 5.76. The summed E-state index contributed by atoms with van der Waals surface area (Å²) in [6, 6.07) is 11.0. The number of nitrogens with zero attached hydrogens (tertiary/aromatic N) is 2. The quantitative estimate of drug-likeness (QED) is 0.659. The molecule has 0 amide bonds. The zero-order valence-electron chi connectivity index (χ0n) is 10.2. The predicted molar refractivity (Wildman–Crippen MR) is 80.1 cm³/mol. The Morgan fingerprint density at radius 2 is 1.32 bits per heavy atom. The van der Waals surface area contributed by atoms with E-state index in [1.54, 1.807) is 18.2 Å². The molecule has 5 heteroatoms. The predicted octanol–water partition coefficient (Wildman–Crippen LogP) is 5.39. The Labute approximate surface area is 127 Å². The zero-order valence-corrected chi connectivity index (χ0v) is 12.5. The highest BCUT2D eigenvalue weighted by Crippen LogP contribution is 2.35. The van der Waals surface area contributed by atoms with E-state index in [0.29, 0.717) is 21.4 Å². The number of hydrogen-bond acceptors (Lipinski definition) is 2. The minimum atomic E-state index is 0.428. The van der Waals surface area contributed by atoms with Crippen molar-refractivity contribution in [3.05, 3.63) is 57.6 Å². The van der Waals surface area contributed by atoms with E-state index >= 15 is 0 Å². The first kappa shape index (κ1) is 14.6. The molecule has 1 fully saturated rings. The number of hydrogen-bond donors (Lipinski definition) is 0. The average Bonchev–Trinajstić information content (AvgIpc) is 2.27. The fourth-order valence-corrected chi connectivity index (χ4v) is 2.28. The van der Waals surface area contributed by atoms with Gasteiger partial charge in [0, 0.05) is 11.6 Å². The van der Waals surface area contributed by atoms with Crippen LogP contribution < -0.4 is 0 Å². The Morgan fingerprint density at radius 1 is 0.789 bits per heavy atom. The Hall–Kier alpha value is -0.830. The lowest BCUT2D eigenvalue weighted by Gasteiger charge is -2.24. The summed E-state index contributed by atoms with van der Waals surface area (Å²) in [7, 11) is 0. The molecule has 3 rings (SSSR count). The van der Waals surface area contributed by atoms with E-state index in [1.807, 2.05) is 12.1 Å². The summed E-state index contributed by atoms with van der Waals surface area (Å²) in [6.07, 6.45) is 3.92. The monoisotopic (exact) mass is 314 g/mol. The smallest absolute Gasteiger partial charge is 0.130 e. The van der Waals surface area contributed by atoms with Gasteiger partial charge in [-0.3, -0.25) is 0 Å². The summed E-state index contributed by atoms with van der Waals surface area (Å²) in [5.41, 5.74) is 1.17. The van der Waals surface area contributed by atoms with Gasteiger partial charge in [0.25, 0.3) is 0 Å². The maximum Gasteiger partial charge on any atom is 0.130 e. The molecule has 0 N–H and O–H groups in total. The van der Waals surface area contributed by atoms with Crippen LogP contribution in [-0.2, 0) is 0 Å². The highest BCUT2D eigenvalue weighted by molar-refractivity contribution is 6.32. The molecule has 0 bridgehead atoms. The van der Waals surface area contributed by atoms with Gasteiger partial charge in [0.2, 0.25) is 0 Å². The third kappa shape index (κ3) is 4.64. The van der Waals surface area contributed by atoms with E-state index in [4.69, 9.17) is 34.8 Å². The first-order valence-electron chi connectivity index (χ1n) is 6.05. The van der Waals surface area contributed by atoms with Crippen LogP contribution in [0, 0.1) is 0 Å². The third-order valence-corrected chi connectivity index (χ3v) is 3.57. The second-order valence-corrected chi connectivity index (χ2v) is 5.46. The van der Waals surface area contributed by atoms with Gasteiger partial charge in [-0.05, 0) is 37.1 Å². The highest BCUT2D eigenvalue weighted by atomic mass is 35.5. The topological polar surface area (TPSA) is 25.8 Å². The van der Waals surface area contributed by atoms with E-state index in [1.165, 1.54) is 25.0 Å². The van der Waals surface area contributed by atoms with Crippen LogP contribution in [0.15, 0.2) is 36.4 Å². The van der Waals surface area contributed by atoms with E-state index in [-0.39, 0.29) is 0 Å². The van der Waals surface area contributed by atoms with Crippen molar-refractivity contribution in [2.45, 2.75) is 25.2 Å². The van der Waals surface area contributed by atoms with Crippen LogP contribution >= 0.6 is 34.8 Å². The van der Waals surface area contributed by atoms with Gasteiger partial charge in [-0.1, -0.05) is 53.4 Å². The average molecular weight is 316 g/mol. The van der Waals surface area contributed by atoms with Gasteiger partial charge >= 0.3 is 0 Å². The Kier molecular flexibility index (Phi) is 5.44. The van der Waals surface area contributed by atoms with Gasteiger partial charge in [-0.15, -0.1) is 0 Å². The van der Waals surface area contributed by atoms with Crippen molar-refractivity contribution in [1.29, 1.82) is 0 Å². The van der Waals surface area contributed by atoms with Crippen LogP contribution in [0.25, 0.3) is 0 Å². The molecule has 2 aromatic heterocycles. The van der Waals surface area contributed by atoms with Crippen molar-refractivity contribution in [3.8, 4) is 0 Å². The van der Waals surface area contributed by atoms with Gasteiger partial charge < -0.3 is 0 Å². The molecule has 0 unspecified atom stereocenters. The lowest BCUT2D eigenvalue weighted by molar-refractivity contribution is 0.411. The van der Waals surface area contributed by atoms with Crippen LogP contribution in [0.3, 0.4) is 0 Å². The normalized spacial score (nSPS) is 14.3. The summed E-state index contributed by atoms with van der Waals surface area (Å²) in [4.78, 5) is 7.97. The lowest BCUT2D eigenvalue weighted by Crippen LogP contribution is -2.10. The fraction of sp³-hybridized carbons (Fsp3) is 0.286. The number of halogens is 3. The second kappa shape index (κ2) is 7.09. The van der Waals surface area contributed by atoms with Gasteiger partial charge in [-0.25, -0.2) is 9.97 Å². The Balaban J connectivity index is 0.000000148. The number of rotatable bonds is 1. The number of pyridine rings is 2. The summed E-state index contributed by atoms with van der Waals surface area (Å²) in [5, 5.41) is 1.48. The minimum absolute atomic E-state index is 0.428. The third-order valence-electron chi connectivity index (χ3n) is 2.94. The van der Waals surface area contributed by atoms with E-state index < -0.39 is 0 Å². The molecular formula is C14H13Cl3N2. The molecular weight excluding hydrogens is 303 g/mol. The molecule has 0 spiro atoms. The summed E-state index contributed by atoms with van der Waals surface area (Å²) < 4.78 is 0.